The number of hydrogen-bond acceptors (Lipinski definition) is 6. The lowest BCUT2D eigenvalue weighted by atomic mass is 9.46. The van der Waals surface area contributed by atoms with E-state index in [-0.39, 0.29) is 40.8 Å². The second-order valence-electron chi connectivity index (χ2n) is 12.2. The number of aliphatic hydroxyl groups is 3. The Morgan fingerprint density at radius 1 is 1.09 bits per heavy atom. The van der Waals surface area contributed by atoms with Crippen LogP contribution in [-0.4, -0.2) is 51.0 Å². The highest BCUT2D eigenvalue weighted by Gasteiger charge is 2.65. The topological polar surface area (TPSA) is 104 Å². The Hall–Kier alpha value is -1.76. The fourth-order valence-corrected chi connectivity index (χ4v) is 8.59. The zero-order valence-corrected chi connectivity index (χ0v) is 20.9. The Balaban J connectivity index is 1.48. The predicted octanol–water partition coefficient (Wildman–Crippen LogP) is 3.26. The third kappa shape index (κ3) is 3.04. The molecule has 6 nitrogen and oxygen atoms in total. The van der Waals surface area contributed by atoms with Crippen LogP contribution in [0.1, 0.15) is 66.7 Å². The number of carbonyl (C=O) groups excluding carboxylic acids is 2. The second kappa shape index (κ2) is 7.62. The molecule has 0 aromatic heterocycles. The van der Waals surface area contributed by atoms with E-state index in [9.17, 15) is 24.9 Å². The van der Waals surface area contributed by atoms with Crippen molar-refractivity contribution in [3.05, 3.63) is 34.9 Å². The summed E-state index contributed by atoms with van der Waals surface area (Å²) in [7, 11) is 0. The van der Waals surface area contributed by atoms with Crippen LogP contribution in [0.5, 0.6) is 0 Å². The molecule has 0 aromatic rings. The van der Waals surface area contributed by atoms with Crippen molar-refractivity contribution in [3.8, 4) is 0 Å². The van der Waals surface area contributed by atoms with Gasteiger partial charge in [-0.05, 0) is 100 Å². The van der Waals surface area contributed by atoms with Gasteiger partial charge in [-0.15, -0.1) is 0 Å². The molecule has 3 N–H and O–H groups in total. The van der Waals surface area contributed by atoms with Crippen LogP contribution in [-0.2, 0) is 14.3 Å². The van der Waals surface area contributed by atoms with E-state index < -0.39 is 29.3 Å². The van der Waals surface area contributed by atoms with Gasteiger partial charge >= 0.3 is 5.97 Å². The van der Waals surface area contributed by atoms with Crippen LogP contribution in [0, 0.1) is 34.5 Å². The number of allylic oxidation sites excluding steroid dienone is 1. The van der Waals surface area contributed by atoms with Crippen molar-refractivity contribution in [2.75, 3.05) is 0 Å². The number of aliphatic hydroxyl groups excluding tert-OH is 2. The SMILES string of the molecule is CC1=C(C)C(=O)O[C@@H]([C@](C)(O)[C@H]2CC[C@H]3[C@H]4[C@@H](CC[C@]23C)[C@@]2(C)C(=O)C=C[C@H](O)C2=C[C@@H]4O)C1. The van der Waals surface area contributed by atoms with Gasteiger partial charge in [-0.3, -0.25) is 4.79 Å². The summed E-state index contributed by atoms with van der Waals surface area (Å²) < 4.78 is 5.73. The third-order valence-corrected chi connectivity index (χ3v) is 10.7. The molecule has 0 radical (unpaired) electrons. The average Bonchev–Trinajstić information content (AvgIpc) is 3.14. The zero-order valence-electron chi connectivity index (χ0n) is 20.9. The second-order valence-corrected chi connectivity index (χ2v) is 12.2. The van der Waals surface area contributed by atoms with E-state index in [1.165, 1.54) is 12.2 Å². The Bertz CT molecular complexity index is 1020. The summed E-state index contributed by atoms with van der Waals surface area (Å²) in [4.78, 5) is 25.5. The summed E-state index contributed by atoms with van der Waals surface area (Å²) in [6.45, 7) is 9.65. The first-order valence-electron chi connectivity index (χ1n) is 12.7. The smallest absolute Gasteiger partial charge is 0.334 e. The van der Waals surface area contributed by atoms with E-state index in [1.807, 2.05) is 20.8 Å². The molecule has 0 aromatic carbocycles. The van der Waals surface area contributed by atoms with Crippen LogP contribution in [0.15, 0.2) is 34.9 Å². The molecular formula is C28H38O6. The van der Waals surface area contributed by atoms with Gasteiger partial charge in [-0.2, -0.15) is 0 Å². The molecule has 4 aliphatic carbocycles. The molecular weight excluding hydrogens is 432 g/mol. The first kappa shape index (κ1) is 24.0. The van der Waals surface area contributed by atoms with Crippen LogP contribution in [0.25, 0.3) is 0 Å². The molecule has 2 saturated carbocycles. The first-order valence-corrected chi connectivity index (χ1v) is 12.7. The van der Waals surface area contributed by atoms with E-state index in [2.05, 4.69) is 6.92 Å². The Kier molecular flexibility index (Phi) is 5.37. The number of carbonyl (C=O) groups is 2. The molecule has 1 aliphatic heterocycles. The molecule has 186 valence electrons. The lowest BCUT2D eigenvalue weighted by Gasteiger charge is -2.59. The lowest BCUT2D eigenvalue weighted by Crippen LogP contribution is -2.60. The maximum Gasteiger partial charge on any atom is 0.334 e. The number of fused-ring (bicyclic) bond motifs is 5. The summed E-state index contributed by atoms with van der Waals surface area (Å²) in [5, 5.41) is 33.8. The highest BCUT2D eigenvalue weighted by molar-refractivity contribution is 5.99. The molecule has 0 unspecified atom stereocenters. The fraction of sp³-hybridized carbons (Fsp3) is 0.714. The van der Waals surface area contributed by atoms with Gasteiger partial charge < -0.3 is 20.1 Å². The summed E-state index contributed by atoms with van der Waals surface area (Å²) in [6, 6.07) is 0. The normalized spacial score (nSPS) is 47.9. The molecule has 0 saturated heterocycles. The molecule has 10 atom stereocenters. The number of hydrogen-bond donors (Lipinski definition) is 3. The van der Waals surface area contributed by atoms with Gasteiger partial charge in [0.2, 0.25) is 0 Å². The van der Waals surface area contributed by atoms with Crippen LogP contribution in [0.3, 0.4) is 0 Å². The molecule has 34 heavy (non-hydrogen) atoms. The Morgan fingerprint density at radius 3 is 2.47 bits per heavy atom. The number of ketones is 1. The fourth-order valence-electron chi connectivity index (χ4n) is 8.59. The quantitative estimate of drug-likeness (QED) is 0.423. The van der Waals surface area contributed by atoms with E-state index in [1.54, 1.807) is 13.0 Å². The van der Waals surface area contributed by atoms with Crippen LogP contribution in [0.2, 0.25) is 0 Å². The van der Waals surface area contributed by atoms with Crippen molar-refractivity contribution in [1.29, 1.82) is 0 Å². The van der Waals surface area contributed by atoms with Gasteiger partial charge in [-0.25, -0.2) is 4.79 Å². The highest BCUT2D eigenvalue weighted by Crippen LogP contribution is 2.67. The van der Waals surface area contributed by atoms with E-state index in [4.69, 9.17) is 4.74 Å². The zero-order chi connectivity index (χ0) is 24.8. The first-order chi connectivity index (χ1) is 15.8. The van der Waals surface area contributed by atoms with Gasteiger partial charge in [0.25, 0.3) is 0 Å². The summed E-state index contributed by atoms with van der Waals surface area (Å²) in [6.07, 6.45) is 6.27. The summed E-state index contributed by atoms with van der Waals surface area (Å²) in [5.41, 5.74) is -0.0455. The van der Waals surface area contributed by atoms with Crippen LogP contribution >= 0.6 is 0 Å². The standard InChI is InChI=1S/C28H38O6/c1-14-12-23(34-25(32)15(14)2)28(5,33)21-8-6-16-24-17(10-11-26(16,21)3)27(4)18(13-20(24)30)19(29)7-9-22(27)31/h7,9,13,16-17,19-21,23-24,29-30,33H,6,8,10-12H2,1-5H3/t16-,17+,19-,20-,21-,23+,24-,26-,27+,28+/m0/s1. The maximum absolute atomic E-state index is 13.1. The van der Waals surface area contributed by atoms with Crippen molar-refractivity contribution in [2.24, 2.45) is 34.5 Å². The number of ether oxygens (including phenoxy) is 1. The molecule has 5 aliphatic rings. The highest BCUT2D eigenvalue weighted by atomic mass is 16.6. The molecule has 0 bridgehead atoms. The maximum atomic E-state index is 13.1. The van der Waals surface area contributed by atoms with Gasteiger partial charge in [0.15, 0.2) is 5.78 Å². The lowest BCUT2D eigenvalue weighted by molar-refractivity contribution is -0.184. The summed E-state index contributed by atoms with van der Waals surface area (Å²) in [5.74, 6) is -0.491. The van der Waals surface area contributed by atoms with Gasteiger partial charge in [-0.1, -0.05) is 18.6 Å². The van der Waals surface area contributed by atoms with E-state index in [0.29, 0.717) is 17.6 Å². The monoisotopic (exact) mass is 470 g/mol. The Labute approximate surface area is 201 Å². The molecule has 2 fully saturated rings. The van der Waals surface area contributed by atoms with Crippen molar-refractivity contribution in [2.45, 2.75) is 90.6 Å². The molecule has 0 amide bonds. The average molecular weight is 471 g/mol. The molecule has 1 heterocycles. The van der Waals surface area contributed by atoms with Gasteiger partial charge in [0, 0.05) is 12.0 Å². The molecule has 6 heteroatoms. The third-order valence-electron chi connectivity index (χ3n) is 10.7. The van der Waals surface area contributed by atoms with Crippen LogP contribution < -0.4 is 0 Å². The van der Waals surface area contributed by atoms with Crippen molar-refractivity contribution in [1.82, 2.24) is 0 Å². The van der Waals surface area contributed by atoms with Gasteiger partial charge in [0.1, 0.15) is 11.7 Å². The van der Waals surface area contributed by atoms with E-state index >= 15 is 0 Å². The van der Waals surface area contributed by atoms with Crippen molar-refractivity contribution in [3.63, 3.8) is 0 Å². The minimum atomic E-state index is -1.20. The number of rotatable bonds is 2. The van der Waals surface area contributed by atoms with E-state index in [0.717, 1.165) is 31.3 Å². The minimum absolute atomic E-state index is 0.00264. The number of cyclic esters (lactones) is 1. The Morgan fingerprint density at radius 2 is 1.79 bits per heavy atom. The number of esters is 1. The van der Waals surface area contributed by atoms with Gasteiger partial charge in [0.05, 0.1) is 17.6 Å². The molecule has 0 spiro atoms. The minimum Gasteiger partial charge on any atom is -0.456 e. The summed E-state index contributed by atoms with van der Waals surface area (Å²) >= 11 is 0. The molecule has 5 rings (SSSR count). The van der Waals surface area contributed by atoms with Crippen molar-refractivity contribution < 1.29 is 29.6 Å². The largest absolute Gasteiger partial charge is 0.456 e. The predicted molar refractivity (Wildman–Crippen MR) is 126 cm³/mol. The van der Waals surface area contributed by atoms with Crippen molar-refractivity contribution >= 4 is 11.8 Å². The van der Waals surface area contributed by atoms with Crippen LogP contribution in [0.4, 0.5) is 0 Å².